The van der Waals surface area contributed by atoms with Gasteiger partial charge in [0, 0.05) is 24.9 Å². The van der Waals surface area contributed by atoms with Gasteiger partial charge < -0.3 is 15.2 Å². The predicted octanol–water partition coefficient (Wildman–Crippen LogP) is 2.40. The van der Waals surface area contributed by atoms with Crippen molar-refractivity contribution in [1.82, 2.24) is 20.1 Å². The molecule has 0 unspecified atom stereocenters. The first-order valence-electron chi connectivity index (χ1n) is 7.32. The van der Waals surface area contributed by atoms with Gasteiger partial charge in [0.1, 0.15) is 17.5 Å². The van der Waals surface area contributed by atoms with Crippen LogP contribution in [0, 0.1) is 13.8 Å². The molecule has 1 aliphatic rings. The molecule has 0 radical (unpaired) electrons. The van der Waals surface area contributed by atoms with Crippen LogP contribution in [0.5, 0.6) is 0 Å². The molecule has 2 aromatic rings. The third-order valence-corrected chi connectivity index (χ3v) is 3.43. The van der Waals surface area contributed by atoms with Crippen molar-refractivity contribution in [2.45, 2.75) is 46.1 Å². The van der Waals surface area contributed by atoms with Crippen LogP contribution < -0.4 is 10.6 Å². The first kappa shape index (κ1) is 13.8. The second-order valence-electron chi connectivity index (χ2n) is 5.29. The lowest BCUT2D eigenvalue weighted by Gasteiger charge is -2.13. The molecule has 0 saturated heterocycles. The highest BCUT2D eigenvalue weighted by molar-refractivity contribution is 5.57. The summed E-state index contributed by atoms with van der Waals surface area (Å²) in [5.74, 6) is 4.37. The van der Waals surface area contributed by atoms with Crippen LogP contribution in [0.2, 0.25) is 0 Å². The average Bonchev–Trinajstić information content (AvgIpc) is 3.23. The lowest BCUT2D eigenvalue weighted by atomic mass is 10.2. The molecule has 0 aliphatic heterocycles. The first-order valence-corrected chi connectivity index (χ1v) is 7.32. The monoisotopic (exact) mass is 288 g/mol. The highest BCUT2D eigenvalue weighted by Crippen LogP contribution is 2.39. The Morgan fingerprint density at radius 1 is 1.10 bits per heavy atom. The molecule has 0 bridgehead atoms. The van der Waals surface area contributed by atoms with E-state index in [0.29, 0.717) is 24.2 Å². The molecule has 112 valence electrons. The summed E-state index contributed by atoms with van der Waals surface area (Å²) in [5, 5.41) is 10.5. The second kappa shape index (κ2) is 5.67. The van der Waals surface area contributed by atoms with Gasteiger partial charge in [0.2, 0.25) is 5.89 Å². The number of aryl methyl sites for hydroxylation is 1. The fraction of sp³-hybridized carbons (Fsp3) is 0.571. The minimum Gasteiger partial charge on any atom is -0.370 e. The van der Waals surface area contributed by atoms with Gasteiger partial charge >= 0.3 is 0 Å². The van der Waals surface area contributed by atoms with Crippen molar-refractivity contribution in [3.05, 3.63) is 23.1 Å². The Morgan fingerprint density at radius 2 is 1.81 bits per heavy atom. The quantitative estimate of drug-likeness (QED) is 0.843. The molecule has 0 spiro atoms. The number of hydrogen-bond donors (Lipinski definition) is 2. The molecule has 3 rings (SSSR count). The Morgan fingerprint density at radius 3 is 2.38 bits per heavy atom. The van der Waals surface area contributed by atoms with Crippen molar-refractivity contribution in [2.75, 3.05) is 17.2 Å². The van der Waals surface area contributed by atoms with Gasteiger partial charge in [0.05, 0.1) is 6.54 Å². The Kier molecular flexibility index (Phi) is 3.72. The van der Waals surface area contributed by atoms with Crippen molar-refractivity contribution in [3.63, 3.8) is 0 Å². The van der Waals surface area contributed by atoms with Crippen LogP contribution in [0.15, 0.2) is 4.52 Å². The van der Waals surface area contributed by atoms with Crippen molar-refractivity contribution < 1.29 is 4.52 Å². The van der Waals surface area contributed by atoms with E-state index >= 15 is 0 Å². The van der Waals surface area contributed by atoms with E-state index in [1.807, 2.05) is 6.92 Å². The van der Waals surface area contributed by atoms with Gasteiger partial charge in [-0.25, -0.2) is 9.97 Å². The molecule has 0 amide bonds. The fourth-order valence-corrected chi connectivity index (χ4v) is 2.15. The number of rotatable bonds is 6. The number of nitrogens with one attached hydrogen (secondary N) is 2. The molecule has 7 heteroatoms. The van der Waals surface area contributed by atoms with E-state index in [9.17, 15) is 0 Å². The highest BCUT2D eigenvalue weighted by Gasteiger charge is 2.28. The maximum atomic E-state index is 4.97. The van der Waals surface area contributed by atoms with E-state index in [2.05, 4.69) is 37.7 Å². The van der Waals surface area contributed by atoms with E-state index in [1.165, 1.54) is 12.8 Å². The van der Waals surface area contributed by atoms with Gasteiger partial charge in [-0.2, -0.15) is 4.98 Å². The molecule has 21 heavy (non-hydrogen) atoms. The molecule has 1 aliphatic carbocycles. The number of aromatic nitrogens is 4. The summed E-state index contributed by atoms with van der Waals surface area (Å²) < 4.78 is 4.97. The van der Waals surface area contributed by atoms with E-state index in [1.54, 1.807) is 6.92 Å². The Labute approximate surface area is 123 Å². The molecule has 1 fully saturated rings. The molecule has 2 heterocycles. The van der Waals surface area contributed by atoms with Crippen molar-refractivity contribution >= 4 is 11.6 Å². The maximum Gasteiger partial charge on any atom is 0.223 e. The van der Waals surface area contributed by atoms with Crippen molar-refractivity contribution in [2.24, 2.45) is 0 Å². The summed E-state index contributed by atoms with van der Waals surface area (Å²) in [6, 6.07) is 0. The van der Waals surface area contributed by atoms with E-state index in [4.69, 9.17) is 4.52 Å². The third kappa shape index (κ3) is 3.12. The number of anilines is 2. The van der Waals surface area contributed by atoms with Crippen LogP contribution in [0.3, 0.4) is 0 Å². The highest BCUT2D eigenvalue weighted by atomic mass is 16.5. The zero-order valence-corrected chi connectivity index (χ0v) is 12.6. The van der Waals surface area contributed by atoms with Gasteiger partial charge in [-0.05, 0) is 26.7 Å². The zero-order chi connectivity index (χ0) is 14.8. The third-order valence-electron chi connectivity index (χ3n) is 3.43. The largest absolute Gasteiger partial charge is 0.370 e. The number of hydrogen-bond acceptors (Lipinski definition) is 7. The summed E-state index contributed by atoms with van der Waals surface area (Å²) in [6.45, 7) is 7.18. The Bertz CT molecular complexity index is 634. The zero-order valence-electron chi connectivity index (χ0n) is 12.6. The Balaban J connectivity index is 1.81. The summed E-state index contributed by atoms with van der Waals surface area (Å²) in [4.78, 5) is 13.5. The summed E-state index contributed by atoms with van der Waals surface area (Å²) >= 11 is 0. The van der Waals surface area contributed by atoms with Crippen LogP contribution in [-0.4, -0.2) is 26.7 Å². The molecule has 2 aromatic heterocycles. The van der Waals surface area contributed by atoms with Crippen LogP contribution in [-0.2, 0) is 6.54 Å². The standard InChI is InChI=1S/C14H20N6O/c1-4-15-12-8(2)13(19-14(18-12)10-5-6-10)16-7-11-17-9(3)21-20-11/h10H,4-7H2,1-3H3,(H2,15,16,18,19). The minimum absolute atomic E-state index is 0.491. The van der Waals surface area contributed by atoms with Crippen LogP contribution >= 0.6 is 0 Å². The average molecular weight is 288 g/mol. The van der Waals surface area contributed by atoms with Crippen LogP contribution in [0.1, 0.15) is 48.8 Å². The van der Waals surface area contributed by atoms with Gasteiger partial charge in [-0.3, -0.25) is 0 Å². The second-order valence-corrected chi connectivity index (χ2v) is 5.29. The normalized spacial score (nSPS) is 14.2. The van der Waals surface area contributed by atoms with E-state index in [0.717, 1.165) is 29.6 Å². The summed E-state index contributed by atoms with van der Waals surface area (Å²) in [7, 11) is 0. The molecular weight excluding hydrogens is 268 g/mol. The van der Waals surface area contributed by atoms with Crippen LogP contribution in [0.25, 0.3) is 0 Å². The summed E-state index contributed by atoms with van der Waals surface area (Å²) in [6.07, 6.45) is 2.36. The topological polar surface area (TPSA) is 88.8 Å². The van der Waals surface area contributed by atoms with Crippen molar-refractivity contribution in [1.29, 1.82) is 0 Å². The molecular formula is C14H20N6O. The first-order chi connectivity index (χ1) is 10.2. The van der Waals surface area contributed by atoms with Gasteiger partial charge in [-0.1, -0.05) is 5.16 Å². The molecule has 2 N–H and O–H groups in total. The lowest BCUT2D eigenvalue weighted by molar-refractivity contribution is 0.388. The van der Waals surface area contributed by atoms with Crippen molar-refractivity contribution in [3.8, 4) is 0 Å². The van der Waals surface area contributed by atoms with Gasteiger partial charge in [0.15, 0.2) is 5.82 Å². The van der Waals surface area contributed by atoms with Gasteiger partial charge in [-0.15, -0.1) is 0 Å². The predicted molar refractivity (Wildman–Crippen MR) is 79.3 cm³/mol. The minimum atomic E-state index is 0.491. The van der Waals surface area contributed by atoms with E-state index < -0.39 is 0 Å². The van der Waals surface area contributed by atoms with Crippen LogP contribution in [0.4, 0.5) is 11.6 Å². The molecule has 1 saturated carbocycles. The van der Waals surface area contributed by atoms with Gasteiger partial charge in [0.25, 0.3) is 0 Å². The smallest absolute Gasteiger partial charge is 0.223 e. The maximum absolute atomic E-state index is 4.97. The fourth-order valence-electron chi connectivity index (χ4n) is 2.15. The Hall–Kier alpha value is -2.18. The lowest BCUT2D eigenvalue weighted by Crippen LogP contribution is -2.11. The molecule has 7 nitrogen and oxygen atoms in total. The summed E-state index contributed by atoms with van der Waals surface area (Å²) in [5.41, 5.74) is 1.02. The number of nitrogens with zero attached hydrogens (tertiary/aromatic N) is 4. The van der Waals surface area contributed by atoms with E-state index in [-0.39, 0.29) is 0 Å². The molecule has 0 atom stereocenters. The SMILES string of the molecule is CCNc1nc(C2CC2)nc(NCc2noc(C)n2)c1C. The molecule has 0 aromatic carbocycles.